The molecule has 2 amide bonds. The fourth-order valence-electron chi connectivity index (χ4n) is 3.81. The predicted octanol–water partition coefficient (Wildman–Crippen LogP) is 1.66. The lowest BCUT2D eigenvalue weighted by Crippen LogP contribution is -2.47. The number of aromatic amines is 1. The number of rotatable bonds is 4. The molecule has 0 bridgehead atoms. The maximum absolute atomic E-state index is 12.9. The number of thiophene rings is 1. The molecule has 0 aromatic carbocycles. The molecule has 1 aliphatic heterocycles. The Bertz CT molecular complexity index is 1110. The minimum atomic E-state index is -0.213. The maximum atomic E-state index is 12.9. The van der Waals surface area contributed by atoms with E-state index in [9.17, 15) is 14.4 Å². The van der Waals surface area contributed by atoms with Gasteiger partial charge in [-0.25, -0.2) is 9.50 Å². The fraction of sp³-hybridized carbons (Fsp3) is 0.400. The number of fused-ring (bicyclic) bond motifs is 1. The Kier molecular flexibility index (Phi) is 5.23. The van der Waals surface area contributed by atoms with Gasteiger partial charge in [0.25, 0.3) is 11.5 Å². The lowest BCUT2D eigenvalue weighted by Gasteiger charge is -2.32. The Morgan fingerprint density at radius 3 is 2.76 bits per heavy atom. The Hall–Kier alpha value is -2.94. The van der Waals surface area contributed by atoms with Gasteiger partial charge in [-0.15, -0.1) is 0 Å². The number of hydrogen-bond acceptors (Lipinski definition) is 5. The van der Waals surface area contributed by atoms with Crippen LogP contribution in [0.1, 0.15) is 40.2 Å². The molecule has 3 aromatic rings. The molecule has 2 N–H and O–H groups in total. The molecule has 8 nitrogen and oxygen atoms in total. The molecular weight excluding hydrogens is 390 g/mol. The van der Waals surface area contributed by atoms with Gasteiger partial charge in [0, 0.05) is 53.1 Å². The third-order valence-corrected chi connectivity index (χ3v) is 6.18. The molecule has 1 aliphatic rings. The lowest BCUT2D eigenvalue weighted by molar-refractivity contribution is -0.131. The van der Waals surface area contributed by atoms with Gasteiger partial charge >= 0.3 is 0 Å². The second-order valence-corrected chi connectivity index (χ2v) is 8.17. The molecule has 4 heterocycles. The number of aryl methyl sites for hydroxylation is 2. The van der Waals surface area contributed by atoms with Crippen LogP contribution in [0.2, 0.25) is 0 Å². The molecule has 0 aliphatic carbocycles. The summed E-state index contributed by atoms with van der Waals surface area (Å²) in [7, 11) is 0. The summed E-state index contributed by atoms with van der Waals surface area (Å²) >= 11 is 1.50. The number of aromatic nitrogens is 3. The minimum Gasteiger partial charge on any atom is -0.349 e. The minimum absolute atomic E-state index is 0.0365. The summed E-state index contributed by atoms with van der Waals surface area (Å²) in [5, 5.41) is 9.49. The van der Waals surface area contributed by atoms with Crippen molar-refractivity contribution in [3.8, 4) is 0 Å². The van der Waals surface area contributed by atoms with Crippen LogP contribution in [0.15, 0.2) is 27.7 Å². The molecule has 9 heteroatoms. The number of hydrogen-bond donors (Lipinski definition) is 2. The summed E-state index contributed by atoms with van der Waals surface area (Å²) in [5.74, 6) is -0.0168. The van der Waals surface area contributed by atoms with E-state index in [-0.39, 0.29) is 29.8 Å². The van der Waals surface area contributed by atoms with Crippen molar-refractivity contribution in [1.29, 1.82) is 0 Å². The second kappa shape index (κ2) is 7.82. The molecule has 3 aromatic heterocycles. The number of likely N-dealkylation sites (tertiary alicyclic amines) is 1. The summed E-state index contributed by atoms with van der Waals surface area (Å²) in [4.78, 5) is 42.9. The zero-order valence-electron chi connectivity index (χ0n) is 16.4. The van der Waals surface area contributed by atoms with Crippen molar-refractivity contribution in [2.45, 2.75) is 39.2 Å². The van der Waals surface area contributed by atoms with E-state index < -0.39 is 0 Å². The molecule has 0 radical (unpaired) electrons. The van der Waals surface area contributed by atoms with Crippen molar-refractivity contribution in [2.24, 2.45) is 0 Å². The van der Waals surface area contributed by atoms with E-state index in [4.69, 9.17) is 0 Å². The third kappa shape index (κ3) is 3.95. The molecule has 152 valence electrons. The van der Waals surface area contributed by atoms with Crippen molar-refractivity contribution in [3.63, 3.8) is 0 Å². The van der Waals surface area contributed by atoms with Gasteiger partial charge in [-0.05, 0) is 38.1 Å². The number of H-pyrrole nitrogens is 1. The Morgan fingerprint density at radius 2 is 2.07 bits per heavy atom. The van der Waals surface area contributed by atoms with Crippen molar-refractivity contribution < 1.29 is 9.59 Å². The van der Waals surface area contributed by atoms with Gasteiger partial charge in [-0.3, -0.25) is 19.5 Å². The average Bonchev–Trinajstić information content (AvgIpc) is 3.35. The van der Waals surface area contributed by atoms with E-state index in [1.807, 2.05) is 35.6 Å². The SMILES string of the molecule is Cc1nc2cc(=O)[nH]n2c(C)c1CC(=O)N1CCC(NC(=O)c2ccsc2)CC1. The monoisotopic (exact) mass is 413 g/mol. The highest BCUT2D eigenvalue weighted by molar-refractivity contribution is 7.08. The third-order valence-electron chi connectivity index (χ3n) is 5.50. The highest BCUT2D eigenvalue weighted by Gasteiger charge is 2.25. The molecular formula is C20H23N5O3S. The molecule has 29 heavy (non-hydrogen) atoms. The van der Waals surface area contributed by atoms with E-state index in [0.29, 0.717) is 24.3 Å². The quantitative estimate of drug-likeness (QED) is 0.679. The lowest BCUT2D eigenvalue weighted by atomic mass is 10.0. The number of carbonyl (C=O) groups is 2. The maximum Gasteiger partial charge on any atom is 0.266 e. The van der Waals surface area contributed by atoms with Crippen LogP contribution in [0, 0.1) is 13.8 Å². The predicted molar refractivity (Wildman–Crippen MR) is 110 cm³/mol. The van der Waals surface area contributed by atoms with Crippen LogP contribution in [-0.2, 0) is 11.2 Å². The molecule has 4 rings (SSSR count). The topological polar surface area (TPSA) is 99.6 Å². The molecule has 0 atom stereocenters. The Balaban J connectivity index is 1.38. The number of nitrogens with one attached hydrogen (secondary N) is 2. The molecule has 0 unspecified atom stereocenters. The average molecular weight is 414 g/mol. The number of amides is 2. The second-order valence-electron chi connectivity index (χ2n) is 7.39. The normalized spacial score (nSPS) is 15.0. The number of nitrogens with zero attached hydrogens (tertiary/aromatic N) is 3. The van der Waals surface area contributed by atoms with Gasteiger partial charge in [0.05, 0.1) is 6.42 Å². The van der Waals surface area contributed by atoms with E-state index >= 15 is 0 Å². The van der Waals surface area contributed by atoms with Crippen LogP contribution in [0.4, 0.5) is 0 Å². The van der Waals surface area contributed by atoms with Gasteiger partial charge in [-0.2, -0.15) is 11.3 Å². The summed E-state index contributed by atoms with van der Waals surface area (Å²) in [6.07, 6.45) is 1.72. The van der Waals surface area contributed by atoms with Gasteiger partial charge in [0.15, 0.2) is 5.65 Å². The number of piperidine rings is 1. The van der Waals surface area contributed by atoms with Gasteiger partial charge in [0.1, 0.15) is 0 Å². The van der Waals surface area contributed by atoms with E-state index in [0.717, 1.165) is 29.8 Å². The molecule has 0 spiro atoms. The standard InChI is InChI=1S/C20H23N5O3S/c1-12-16(13(2)25-17(21-12)10-18(26)23-25)9-19(27)24-6-3-15(4-7-24)22-20(28)14-5-8-29-11-14/h5,8,10-11,15H,3-4,6-7,9H2,1-2H3,(H,22,28)(H,23,26). The van der Waals surface area contributed by atoms with Crippen LogP contribution >= 0.6 is 11.3 Å². The highest BCUT2D eigenvalue weighted by Crippen LogP contribution is 2.18. The number of carbonyl (C=O) groups excluding carboxylic acids is 2. The first-order valence-corrected chi connectivity index (χ1v) is 10.6. The van der Waals surface area contributed by atoms with Crippen LogP contribution in [0.25, 0.3) is 5.65 Å². The Morgan fingerprint density at radius 1 is 1.31 bits per heavy atom. The largest absolute Gasteiger partial charge is 0.349 e. The van der Waals surface area contributed by atoms with Crippen molar-refractivity contribution in [3.05, 3.63) is 55.8 Å². The van der Waals surface area contributed by atoms with Crippen LogP contribution in [-0.4, -0.2) is 50.4 Å². The highest BCUT2D eigenvalue weighted by atomic mass is 32.1. The zero-order chi connectivity index (χ0) is 20.5. The molecule has 0 saturated carbocycles. The molecule has 1 fully saturated rings. The van der Waals surface area contributed by atoms with Crippen molar-refractivity contribution in [1.82, 2.24) is 24.8 Å². The summed E-state index contributed by atoms with van der Waals surface area (Å²) in [5.41, 5.74) is 3.44. The summed E-state index contributed by atoms with van der Waals surface area (Å²) in [6, 6.07) is 3.34. The Labute approximate surface area is 171 Å². The summed E-state index contributed by atoms with van der Waals surface area (Å²) < 4.78 is 1.63. The summed E-state index contributed by atoms with van der Waals surface area (Å²) in [6.45, 7) is 4.97. The fourth-order valence-corrected chi connectivity index (χ4v) is 4.45. The van der Waals surface area contributed by atoms with Crippen LogP contribution < -0.4 is 10.9 Å². The zero-order valence-corrected chi connectivity index (χ0v) is 17.2. The van der Waals surface area contributed by atoms with Crippen LogP contribution in [0.3, 0.4) is 0 Å². The van der Waals surface area contributed by atoms with Gasteiger partial charge < -0.3 is 10.2 Å². The van der Waals surface area contributed by atoms with Gasteiger partial charge in [-0.1, -0.05) is 0 Å². The van der Waals surface area contributed by atoms with E-state index in [2.05, 4.69) is 15.4 Å². The van der Waals surface area contributed by atoms with Gasteiger partial charge in [0.2, 0.25) is 5.91 Å². The van der Waals surface area contributed by atoms with E-state index in [1.165, 1.54) is 17.4 Å². The molecule has 1 saturated heterocycles. The smallest absolute Gasteiger partial charge is 0.266 e. The first-order valence-electron chi connectivity index (χ1n) is 9.61. The van der Waals surface area contributed by atoms with Crippen molar-refractivity contribution >= 4 is 28.8 Å². The van der Waals surface area contributed by atoms with E-state index in [1.54, 1.807) is 4.52 Å². The first kappa shape index (κ1) is 19.4. The first-order chi connectivity index (χ1) is 13.9. The van der Waals surface area contributed by atoms with Crippen LogP contribution in [0.5, 0.6) is 0 Å². The van der Waals surface area contributed by atoms with Crippen molar-refractivity contribution in [2.75, 3.05) is 13.1 Å².